The van der Waals surface area contributed by atoms with Crippen molar-refractivity contribution in [3.05, 3.63) is 56.5 Å². The van der Waals surface area contributed by atoms with Gasteiger partial charge in [-0.05, 0) is 23.7 Å². The summed E-state index contributed by atoms with van der Waals surface area (Å²) in [5.41, 5.74) is 5.47. The molecule has 0 amide bonds. The van der Waals surface area contributed by atoms with Gasteiger partial charge in [-0.3, -0.25) is 4.57 Å². The summed E-state index contributed by atoms with van der Waals surface area (Å²) in [7, 11) is 1.80. The molecule has 0 atom stereocenters. The first kappa shape index (κ1) is 18.5. The molecule has 3 heterocycles. The summed E-state index contributed by atoms with van der Waals surface area (Å²) in [5, 5.41) is 6.51. The average Bonchev–Trinajstić information content (AvgIpc) is 3.29. The number of H-pyrrole nitrogens is 1. The number of halogens is 3. The highest BCUT2D eigenvalue weighted by molar-refractivity contribution is 7.15. The van der Waals surface area contributed by atoms with Crippen LogP contribution in [0, 0.1) is 0 Å². The highest BCUT2D eigenvalue weighted by Crippen LogP contribution is 2.29. The normalized spacial score (nSPS) is 11.1. The fourth-order valence-electron chi connectivity index (χ4n) is 2.43. The highest BCUT2D eigenvalue weighted by Gasteiger charge is 2.15. The molecule has 3 aromatic rings. The van der Waals surface area contributed by atoms with E-state index in [0.29, 0.717) is 5.28 Å². The van der Waals surface area contributed by atoms with Gasteiger partial charge < -0.3 is 10.3 Å². The molecule has 11 heteroatoms. The van der Waals surface area contributed by atoms with Gasteiger partial charge in [0, 0.05) is 30.5 Å². The lowest BCUT2D eigenvalue weighted by molar-refractivity contribution is 0.407. The second kappa shape index (κ2) is 7.52. The Hall–Kier alpha value is -2.30. The summed E-state index contributed by atoms with van der Waals surface area (Å²) in [6, 6.07) is 3.75. The van der Waals surface area contributed by atoms with Crippen LogP contribution in [0.25, 0.3) is 10.6 Å². The van der Waals surface area contributed by atoms with Crippen LogP contribution in [0.1, 0.15) is 10.7 Å². The van der Waals surface area contributed by atoms with E-state index in [9.17, 15) is 13.6 Å². The van der Waals surface area contributed by atoms with E-state index in [2.05, 4.69) is 15.2 Å². The molecule has 138 valence electrons. The molecule has 0 radical (unpaired) electrons. The lowest BCUT2D eigenvalue weighted by Crippen LogP contribution is -2.20. The fourth-order valence-corrected chi connectivity index (χ4v) is 3.61. The molecule has 0 spiro atoms. The first-order valence-electron chi connectivity index (χ1n) is 7.54. The lowest BCUT2D eigenvalue weighted by Gasteiger charge is -2.06. The molecular weight excluding hydrogens is 386 g/mol. The number of nitrogens with two attached hydrogens (primary N) is 1. The third-order valence-electron chi connectivity index (χ3n) is 3.88. The molecule has 3 rings (SSSR count). The minimum atomic E-state index is -1.85. The van der Waals surface area contributed by atoms with E-state index in [1.54, 1.807) is 17.8 Å². The largest absolute Gasteiger partial charge is 0.343 e. The zero-order valence-electron chi connectivity index (χ0n) is 13.7. The number of hydrogen-bond acceptors (Lipinski definition) is 5. The molecule has 3 N–H and O–H groups in total. The molecule has 0 aliphatic carbocycles. The average molecular weight is 401 g/mol. The summed E-state index contributed by atoms with van der Waals surface area (Å²) in [5.74, 6) is 0.210. The minimum absolute atomic E-state index is 0.187. The quantitative estimate of drug-likeness (QED) is 0.664. The van der Waals surface area contributed by atoms with Gasteiger partial charge in [0.1, 0.15) is 5.82 Å². The lowest BCUT2D eigenvalue weighted by atomic mass is 10.2. The number of imidazole rings is 1. The Morgan fingerprint density at radius 2 is 2.19 bits per heavy atom. The summed E-state index contributed by atoms with van der Waals surface area (Å²) < 4.78 is 28.7. The number of aromatic amines is 1. The summed E-state index contributed by atoms with van der Waals surface area (Å²) in [6.45, 7) is -0.0829. The van der Waals surface area contributed by atoms with Crippen molar-refractivity contribution in [3.63, 3.8) is 0 Å². The third kappa shape index (κ3) is 3.62. The van der Waals surface area contributed by atoms with Crippen molar-refractivity contribution in [2.45, 2.75) is 13.0 Å². The van der Waals surface area contributed by atoms with E-state index in [4.69, 9.17) is 17.3 Å². The van der Waals surface area contributed by atoms with Gasteiger partial charge in [0.25, 0.3) is 6.08 Å². The van der Waals surface area contributed by atoms with E-state index in [-0.39, 0.29) is 30.9 Å². The maximum atomic E-state index is 12.8. The van der Waals surface area contributed by atoms with Crippen molar-refractivity contribution >= 4 is 22.9 Å². The number of rotatable bonds is 6. The molecular formula is C15H15ClF2N6OS. The SMILES string of the molecule is Cn1c(-c2ccc(Cn3c(CC(CN)=C(F)F)n[nH]c3=O)s2)cnc1Cl. The number of nitrogens with one attached hydrogen (secondary N) is 1. The Balaban J connectivity index is 1.87. The number of thiophene rings is 1. The van der Waals surface area contributed by atoms with Crippen molar-refractivity contribution in [1.29, 1.82) is 0 Å². The van der Waals surface area contributed by atoms with E-state index in [1.165, 1.54) is 15.9 Å². The van der Waals surface area contributed by atoms with Crippen LogP contribution >= 0.6 is 22.9 Å². The molecule has 0 fully saturated rings. The predicted molar refractivity (Wildman–Crippen MR) is 95.5 cm³/mol. The van der Waals surface area contributed by atoms with Gasteiger partial charge in [0.2, 0.25) is 5.28 Å². The van der Waals surface area contributed by atoms with Crippen molar-refractivity contribution in [3.8, 4) is 10.6 Å². The maximum Gasteiger partial charge on any atom is 0.343 e. The third-order valence-corrected chi connectivity index (χ3v) is 5.33. The monoisotopic (exact) mass is 400 g/mol. The van der Waals surface area contributed by atoms with Crippen molar-refractivity contribution < 1.29 is 8.78 Å². The minimum Gasteiger partial charge on any atom is -0.327 e. The van der Waals surface area contributed by atoms with Gasteiger partial charge in [0.05, 0.1) is 23.3 Å². The molecule has 0 aliphatic heterocycles. The Bertz CT molecular complexity index is 1010. The van der Waals surface area contributed by atoms with E-state index in [0.717, 1.165) is 15.4 Å². The van der Waals surface area contributed by atoms with Crippen LogP contribution in [0.2, 0.25) is 5.28 Å². The van der Waals surface area contributed by atoms with Crippen molar-refractivity contribution in [2.24, 2.45) is 12.8 Å². The van der Waals surface area contributed by atoms with Crippen LogP contribution in [0.5, 0.6) is 0 Å². The van der Waals surface area contributed by atoms with Crippen LogP contribution in [0.3, 0.4) is 0 Å². The Labute approximate surface area is 155 Å². The van der Waals surface area contributed by atoms with E-state index >= 15 is 0 Å². The standard InChI is InChI=1S/C15H15ClF2N6OS/c1-23-10(6-20-14(23)16)11-3-2-9(26-11)7-24-12(21-22-15(24)25)4-8(5-19)13(17)18/h2-3,6H,4-5,7,19H2,1H3,(H,22,25). The maximum absolute atomic E-state index is 12.8. The van der Waals surface area contributed by atoms with Gasteiger partial charge in [-0.1, -0.05) is 0 Å². The molecule has 0 bridgehead atoms. The van der Waals surface area contributed by atoms with Gasteiger partial charge in [-0.15, -0.1) is 11.3 Å². The van der Waals surface area contributed by atoms with E-state index in [1.807, 2.05) is 12.1 Å². The first-order chi connectivity index (χ1) is 12.4. The van der Waals surface area contributed by atoms with E-state index < -0.39 is 11.8 Å². The zero-order valence-corrected chi connectivity index (χ0v) is 15.2. The summed E-state index contributed by atoms with van der Waals surface area (Å²) in [4.78, 5) is 17.8. The number of hydrogen-bond donors (Lipinski definition) is 2. The zero-order chi connectivity index (χ0) is 18.8. The highest BCUT2D eigenvalue weighted by atomic mass is 35.5. The predicted octanol–water partition coefficient (Wildman–Crippen LogP) is 2.39. The smallest absolute Gasteiger partial charge is 0.327 e. The van der Waals surface area contributed by atoms with Crippen molar-refractivity contribution in [2.75, 3.05) is 6.54 Å². The first-order valence-corrected chi connectivity index (χ1v) is 8.73. The van der Waals surface area contributed by atoms with Gasteiger partial charge in [-0.2, -0.15) is 13.9 Å². The van der Waals surface area contributed by atoms with Crippen LogP contribution in [0.4, 0.5) is 8.78 Å². The van der Waals surface area contributed by atoms with Crippen LogP contribution < -0.4 is 11.4 Å². The summed E-state index contributed by atoms with van der Waals surface area (Å²) in [6.07, 6.45) is -0.371. The van der Waals surface area contributed by atoms with Gasteiger partial charge in [-0.25, -0.2) is 14.9 Å². The molecule has 0 unspecified atom stereocenters. The Morgan fingerprint density at radius 3 is 2.81 bits per heavy atom. The molecule has 0 aromatic carbocycles. The summed E-state index contributed by atoms with van der Waals surface area (Å²) >= 11 is 7.41. The van der Waals surface area contributed by atoms with Crippen LogP contribution in [0.15, 0.2) is 34.8 Å². The molecule has 0 aliphatic rings. The fraction of sp³-hybridized carbons (Fsp3) is 0.267. The van der Waals surface area contributed by atoms with Gasteiger partial charge >= 0.3 is 5.69 Å². The Morgan fingerprint density at radius 1 is 1.42 bits per heavy atom. The number of aromatic nitrogens is 5. The molecule has 0 saturated carbocycles. The molecule has 7 nitrogen and oxygen atoms in total. The van der Waals surface area contributed by atoms with Crippen molar-refractivity contribution in [1.82, 2.24) is 24.3 Å². The van der Waals surface area contributed by atoms with Crippen LogP contribution in [-0.4, -0.2) is 30.9 Å². The molecule has 26 heavy (non-hydrogen) atoms. The second-order valence-corrected chi connectivity index (χ2v) is 7.02. The molecule has 0 saturated heterocycles. The van der Waals surface area contributed by atoms with Gasteiger partial charge in [0.15, 0.2) is 0 Å². The van der Waals surface area contributed by atoms with Crippen LogP contribution in [-0.2, 0) is 20.0 Å². The topological polar surface area (TPSA) is 94.5 Å². The molecule has 3 aromatic heterocycles. The second-order valence-electron chi connectivity index (χ2n) is 5.51. The Kier molecular flexibility index (Phi) is 5.35. The number of nitrogens with zero attached hydrogens (tertiary/aromatic N) is 4.